The average molecular weight is 1200 g/mol. The minimum atomic E-state index is -6.13. The fourth-order valence-corrected chi connectivity index (χ4v) is 8.80. The van der Waals surface area contributed by atoms with Crippen molar-refractivity contribution in [3.05, 3.63) is 195 Å². The number of esters is 1. The van der Waals surface area contributed by atoms with Gasteiger partial charge < -0.3 is 4.74 Å². The van der Waals surface area contributed by atoms with Crippen LogP contribution in [0.25, 0.3) is 10.8 Å². The Bertz CT molecular complexity index is 3030. The van der Waals surface area contributed by atoms with Crippen LogP contribution in [0.1, 0.15) is 65.4 Å². The number of alkyl halides is 24. The van der Waals surface area contributed by atoms with E-state index in [1.54, 1.807) is 22.9 Å². The molecule has 1 aromatic heterocycles. The Labute approximate surface area is 443 Å². The van der Waals surface area contributed by atoms with E-state index in [4.69, 9.17) is 4.74 Å². The van der Waals surface area contributed by atoms with Crippen molar-refractivity contribution < 1.29 is 124 Å². The van der Waals surface area contributed by atoms with Gasteiger partial charge in [0.2, 0.25) is 12.3 Å². The molecule has 0 saturated heterocycles. The average Bonchev–Trinajstić information content (AvgIpc) is 3.56. The van der Waals surface area contributed by atoms with Crippen molar-refractivity contribution in [1.82, 2.24) is 0 Å². The topological polar surface area (TPSA) is 47.2 Å². The van der Waals surface area contributed by atoms with Gasteiger partial charge in [-0.2, -0.15) is 132 Å². The second kappa shape index (κ2) is 22.2. The van der Waals surface area contributed by atoms with Gasteiger partial charge in [0.1, 0.15) is 12.1 Å². The molecule has 7 aromatic rings. The minimum Gasteiger partial charge on any atom is -0.447 e. The summed E-state index contributed by atoms with van der Waals surface area (Å²) in [4.78, 5) is 24.9. The number of ketones is 1. The Kier molecular flexibility index (Phi) is 17.2. The highest BCUT2D eigenvalue weighted by Gasteiger charge is 2.47. The van der Waals surface area contributed by atoms with Crippen molar-refractivity contribution in [3.8, 4) is 0 Å². The molecule has 6 aromatic carbocycles. The number of aromatic nitrogens is 1. The van der Waals surface area contributed by atoms with Gasteiger partial charge in [-0.3, -0.25) is 4.79 Å². The minimum absolute atomic E-state index is 0.0192. The van der Waals surface area contributed by atoms with Crippen LogP contribution in [0.5, 0.6) is 0 Å². The standard InChI is InChI=1S/C32H12BF24.C19H15NO3S/c34-25(35,36)13-1-14(26(37,38)39)6-21(5-13)33(22-7-15(27(40,41)42)2-16(8-22)28(43,44)45,23-9-17(29(46,47)48)3-18(10-23)30(49,50)51)24-11-19(31(52,53)54)4-20(12-24)32(55,56)57;21-17(15-7-2-1-3-8-15)12-20-11-10-14-6-4-5-9-16(14)18(20)19(22)23-13-24/h1-12H;1-11H,12-13H2/q-1;/p+1. The van der Waals surface area contributed by atoms with E-state index in [0.717, 1.165) is 10.8 Å². The molecule has 30 heteroatoms. The summed E-state index contributed by atoms with van der Waals surface area (Å²) in [6, 6.07) is 9.58. The molecule has 0 fully saturated rings. The van der Waals surface area contributed by atoms with E-state index in [9.17, 15) is 115 Å². The number of Topliss-reactive ketones (excluding diaryl/α,β-unsaturated/α-hetero) is 1. The first-order valence-electron chi connectivity index (χ1n) is 22.1. The van der Waals surface area contributed by atoms with Crippen LogP contribution in [0.2, 0.25) is 0 Å². The molecule has 0 aliphatic carbocycles. The van der Waals surface area contributed by atoms with Crippen LogP contribution in [0, 0.1) is 0 Å². The highest BCUT2D eigenvalue weighted by molar-refractivity contribution is 7.80. The first-order valence-corrected chi connectivity index (χ1v) is 22.7. The molecule has 1 heterocycles. The summed E-state index contributed by atoms with van der Waals surface area (Å²) in [6.45, 7) is 0.0614. The third kappa shape index (κ3) is 14.2. The number of carbonyl (C=O) groups excluding carboxylic acids is 2. The molecular formula is C51H28BF24NO3S. The summed E-state index contributed by atoms with van der Waals surface area (Å²) in [5.74, 6) is -0.590. The van der Waals surface area contributed by atoms with Crippen LogP contribution in [-0.2, 0) is 60.7 Å². The van der Waals surface area contributed by atoms with Crippen molar-refractivity contribution in [2.75, 3.05) is 5.94 Å². The van der Waals surface area contributed by atoms with Crippen LogP contribution in [0.15, 0.2) is 140 Å². The zero-order valence-electron chi connectivity index (χ0n) is 39.5. The number of hydrogen-bond acceptors (Lipinski definition) is 4. The van der Waals surface area contributed by atoms with E-state index < -0.39 is 201 Å². The summed E-state index contributed by atoms with van der Waals surface area (Å²) < 4.78 is 348. The van der Waals surface area contributed by atoms with E-state index in [0.29, 0.717) is 11.3 Å². The van der Waals surface area contributed by atoms with Gasteiger partial charge in [-0.25, -0.2) is 4.79 Å². The monoisotopic (exact) mass is 1200 g/mol. The molecule has 0 saturated carbocycles. The summed E-state index contributed by atoms with van der Waals surface area (Å²) >= 11 is 3.95. The van der Waals surface area contributed by atoms with Gasteiger partial charge in [0.15, 0.2) is 6.20 Å². The molecule has 0 aliphatic heterocycles. The number of nitrogens with zero attached hydrogens (tertiary/aromatic N) is 1. The normalized spacial score (nSPS) is 13.2. The molecule has 81 heavy (non-hydrogen) atoms. The first kappa shape index (κ1) is 62.8. The maximum absolute atomic E-state index is 14.2. The molecule has 0 N–H and O–H groups in total. The molecule has 432 valence electrons. The Morgan fingerprint density at radius 2 is 0.679 bits per heavy atom. The summed E-state index contributed by atoms with van der Waals surface area (Å²) in [5, 5.41) is 1.65. The predicted molar refractivity (Wildman–Crippen MR) is 244 cm³/mol. The van der Waals surface area contributed by atoms with E-state index in [-0.39, 0.29) is 18.3 Å². The summed E-state index contributed by atoms with van der Waals surface area (Å²) in [6.07, 6.45) is -53.1. The second-order valence-corrected chi connectivity index (χ2v) is 17.7. The lowest BCUT2D eigenvalue weighted by Crippen LogP contribution is -2.75. The van der Waals surface area contributed by atoms with Crippen molar-refractivity contribution in [3.63, 3.8) is 0 Å². The number of rotatable bonds is 9. The third-order valence-electron chi connectivity index (χ3n) is 12.2. The molecule has 0 aliphatic rings. The first-order chi connectivity index (χ1) is 37.0. The zero-order valence-corrected chi connectivity index (χ0v) is 40.4. The molecule has 0 radical (unpaired) electrons. The van der Waals surface area contributed by atoms with E-state index in [1.165, 1.54) is 0 Å². The molecule has 0 unspecified atom stereocenters. The predicted octanol–water partition coefficient (Wildman–Crippen LogP) is 14.3. The largest absolute Gasteiger partial charge is 0.447 e. The molecule has 4 nitrogen and oxygen atoms in total. The Morgan fingerprint density at radius 1 is 0.395 bits per heavy atom. The zero-order chi connectivity index (χ0) is 60.9. The van der Waals surface area contributed by atoms with E-state index in [1.807, 2.05) is 48.5 Å². The third-order valence-corrected chi connectivity index (χ3v) is 12.3. The van der Waals surface area contributed by atoms with Gasteiger partial charge >= 0.3 is 55.4 Å². The second-order valence-electron chi connectivity index (χ2n) is 17.5. The van der Waals surface area contributed by atoms with Crippen molar-refractivity contribution in [2.24, 2.45) is 0 Å². The van der Waals surface area contributed by atoms with E-state index in [2.05, 4.69) is 12.6 Å². The fourth-order valence-electron chi connectivity index (χ4n) is 8.68. The summed E-state index contributed by atoms with van der Waals surface area (Å²) in [7, 11) is 0. The highest BCUT2D eigenvalue weighted by atomic mass is 32.1. The van der Waals surface area contributed by atoms with Crippen LogP contribution in [0.3, 0.4) is 0 Å². The summed E-state index contributed by atoms with van der Waals surface area (Å²) in [5.41, 5.74) is -29.2. The number of benzene rings is 6. The lowest BCUT2D eigenvalue weighted by atomic mass is 9.12. The number of pyridine rings is 1. The lowest BCUT2D eigenvalue weighted by molar-refractivity contribution is -0.684. The van der Waals surface area contributed by atoms with Crippen LogP contribution >= 0.6 is 12.6 Å². The number of hydrogen-bond donors (Lipinski definition) is 1. The van der Waals surface area contributed by atoms with E-state index >= 15 is 0 Å². The molecule has 7 rings (SSSR count). The molecular weight excluding hydrogens is 1170 g/mol. The van der Waals surface area contributed by atoms with Crippen molar-refractivity contribution in [2.45, 2.75) is 56.0 Å². The van der Waals surface area contributed by atoms with Crippen molar-refractivity contribution >= 4 is 63.2 Å². The number of thiol groups is 1. The SMILES string of the molecule is FC(F)(F)c1cc([B-](c2cc(C(F)(F)F)cc(C(F)(F)F)c2)(c2cc(C(F)(F)F)cc(C(F)(F)F)c2)c2cc(C(F)(F)F)cc(C(F)(F)F)c2)cc(C(F)(F)F)c1.O=C(C[n+]1ccc2ccccc2c1C(=O)OCS)c1ccccc1. The van der Waals surface area contributed by atoms with Crippen LogP contribution in [-0.4, -0.2) is 23.8 Å². The van der Waals surface area contributed by atoms with Crippen LogP contribution < -0.4 is 26.4 Å². The van der Waals surface area contributed by atoms with Gasteiger partial charge in [-0.15, -0.1) is 12.6 Å². The maximum atomic E-state index is 14.2. The van der Waals surface area contributed by atoms with Gasteiger partial charge in [-0.05, 0) is 35.7 Å². The lowest BCUT2D eigenvalue weighted by Gasteiger charge is -2.46. The van der Waals surface area contributed by atoms with Crippen molar-refractivity contribution in [1.29, 1.82) is 0 Å². The van der Waals surface area contributed by atoms with Gasteiger partial charge in [-0.1, -0.05) is 97.1 Å². The van der Waals surface area contributed by atoms with Gasteiger partial charge in [0, 0.05) is 11.6 Å². The number of carbonyl (C=O) groups is 2. The molecule has 0 atom stereocenters. The number of halogens is 24. The van der Waals surface area contributed by atoms with Gasteiger partial charge in [0.05, 0.1) is 49.9 Å². The number of ether oxygens (including phenoxy) is 1. The smallest absolute Gasteiger partial charge is 0.416 e. The van der Waals surface area contributed by atoms with Crippen LogP contribution in [0.4, 0.5) is 105 Å². The molecule has 0 amide bonds. The molecule has 0 bridgehead atoms. The quantitative estimate of drug-likeness (QED) is 0.0298. The maximum Gasteiger partial charge on any atom is 0.416 e. The molecule has 0 spiro atoms. The Balaban J connectivity index is 0.000000363. The number of fused-ring (bicyclic) bond motifs is 1. The highest BCUT2D eigenvalue weighted by Crippen LogP contribution is 2.41. The Morgan fingerprint density at radius 3 is 0.963 bits per heavy atom. The van der Waals surface area contributed by atoms with Gasteiger partial charge in [0.25, 0.3) is 5.69 Å². The fraction of sp³-hybridized carbons (Fsp3) is 0.196. The Hall–Kier alpha value is -7.40.